The number of unbranched alkanes of at least 4 members (excludes halogenated alkanes) is 32. The van der Waals surface area contributed by atoms with Crippen LogP contribution in [-0.2, 0) is 33.2 Å². The van der Waals surface area contributed by atoms with E-state index < -0.39 is 124 Å². The summed E-state index contributed by atoms with van der Waals surface area (Å²) in [5.74, 6) is -0.279. The number of nitrogens with one attached hydrogen (secondary N) is 1. The van der Waals surface area contributed by atoms with E-state index in [9.17, 15) is 61.0 Å². The average molecular weight is 1270 g/mol. The van der Waals surface area contributed by atoms with Gasteiger partial charge in [-0.15, -0.1) is 0 Å². The Kier molecular flexibility index (Phi) is 47.4. The molecule has 3 aliphatic rings. The molecule has 19 nitrogen and oxygen atoms in total. The minimum Gasteiger partial charge on any atom is -0.394 e. The van der Waals surface area contributed by atoms with Gasteiger partial charge >= 0.3 is 0 Å². The lowest BCUT2D eigenvalue weighted by Gasteiger charge is -2.48. The summed E-state index contributed by atoms with van der Waals surface area (Å²) in [6.07, 6.45) is 35.0. The minimum atomic E-state index is -1.98. The van der Waals surface area contributed by atoms with Gasteiger partial charge < -0.3 is 89.9 Å². The second kappa shape index (κ2) is 52.1. The molecule has 0 bridgehead atoms. The second-order valence-electron chi connectivity index (χ2n) is 25.3. The number of carbonyl (C=O) groups is 1. The minimum absolute atomic E-state index is 0.238. The van der Waals surface area contributed by atoms with Crippen molar-refractivity contribution in [1.82, 2.24) is 5.32 Å². The molecule has 17 atom stereocenters. The Morgan fingerprint density at radius 2 is 0.742 bits per heavy atom. The van der Waals surface area contributed by atoms with E-state index in [2.05, 4.69) is 55.6 Å². The van der Waals surface area contributed by atoms with Gasteiger partial charge in [-0.1, -0.05) is 242 Å². The summed E-state index contributed by atoms with van der Waals surface area (Å²) in [6, 6.07) is -0.977. The molecule has 19 heteroatoms. The van der Waals surface area contributed by atoms with E-state index in [0.29, 0.717) is 6.42 Å². The first-order valence-electron chi connectivity index (χ1n) is 35.4. The third kappa shape index (κ3) is 34.1. The predicted molar refractivity (Wildman–Crippen MR) is 346 cm³/mol. The van der Waals surface area contributed by atoms with E-state index in [-0.39, 0.29) is 18.9 Å². The molecule has 0 aromatic rings. The highest BCUT2D eigenvalue weighted by molar-refractivity contribution is 5.76. The summed E-state index contributed by atoms with van der Waals surface area (Å²) in [5.41, 5.74) is 0. The quantitative estimate of drug-likeness (QED) is 0.0199. The van der Waals surface area contributed by atoms with Crippen LogP contribution < -0.4 is 5.32 Å². The summed E-state index contributed by atoms with van der Waals surface area (Å²) in [7, 11) is 0. The average Bonchev–Trinajstić information content (AvgIpc) is 2.44. The molecule has 3 saturated heterocycles. The van der Waals surface area contributed by atoms with Gasteiger partial charge in [-0.25, -0.2) is 0 Å². The van der Waals surface area contributed by atoms with Gasteiger partial charge in [-0.2, -0.15) is 0 Å². The summed E-state index contributed by atoms with van der Waals surface area (Å²) in [4.78, 5) is 13.4. The van der Waals surface area contributed by atoms with Crippen LogP contribution >= 0.6 is 0 Å². The van der Waals surface area contributed by atoms with Gasteiger partial charge in [0, 0.05) is 6.42 Å². The third-order valence-electron chi connectivity index (χ3n) is 17.6. The predicted octanol–water partition coefficient (Wildman–Crippen LogP) is 9.39. The smallest absolute Gasteiger partial charge is 0.220 e. The van der Waals surface area contributed by atoms with Crippen molar-refractivity contribution in [3.05, 3.63) is 48.6 Å². The van der Waals surface area contributed by atoms with Crippen molar-refractivity contribution >= 4 is 5.91 Å². The maximum atomic E-state index is 13.4. The fourth-order valence-electron chi connectivity index (χ4n) is 11.8. The molecule has 3 rings (SSSR count). The van der Waals surface area contributed by atoms with E-state index in [1.165, 1.54) is 161 Å². The molecule has 12 N–H and O–H groups in total. The fourth-order valence-corrected chi connectivity index (χ4v) is 11.8. The molecule has 1 amide bonds. The van der Waals surface area contributed by atoms with Crippen LogP contribution in [0.1, 0.15) is 258 Å². The standard InChI is InChI=1S/C70H127NO18/c1-3-5-7-9-11-13-15-17-19-21-23-24-25-26-27-28-30-32-34-36-38-40-42-44-46-48-58(76)71-53(54(75)47-45-43-41-39-37-35-33-31-29-22-20-18-16-14-12-10-8-6-4-2)52-84-68-64(82)61(79)66(56(50-73)86-68)89-70-65(83)62(80)67(57(51-74)87-70)88-69-63(81)60(78)59(77)55(49-72)85-69/h15,17,21,23,25-26,45,47,53-57,59-70,72-75,77-83H,3-14,16,18-20,22,24,27-44,46,48-52H2,1-2H3,(H,71,76)/b17-15-,23-21-,26-25-,47-45+. The van der Waals surface area contributed by atoms with Crippen molar-refractivity contribution in [1.29, 1.82) is 0 Å². The zero-order chi connectivity index (χ0) is 64.7. The van der Waals surface area contributed by atoms with Gasteiger partial charge in [0.05, 0.1) is 38.6 Å². The number of ether oxygens (including phenoxy) is 6. The normalized spacial score (nSPS) is 28.5. The van der Waals surface area contributed by atoms with Crippen molar-refractivity contribution in [3.8, 4) is 0 Å². The molecule has 3 aliphatic heterocycles. The zero-order valence-corrected chi connectivity index (χ0v) is 54.9. The lowest BCUT2D eigenvalue weighted by atomic mass is 9.96. The second-order valence-corrected chi connectivity index (χ2v) is 25.3. The van der Waals surface area contributed by atoms with E-state index in [0.717, 1.165) is 70.6 Å². The van der Waals surface area contributed by atoms with Crippen LogP contribution in [0.4, 0.5) is 0 Å². The van der Waals surface area contributed by atoms with Crippen molar-refractivity contribution in [3.63, 3.8) is 0 Å². The summed E-state index contributed by atoms with van der Waals surface area (Å²) in [5, 5.41) is 121. The number of rotatable bonds is 54. The van der Waals surface area contributed by atoms with Gasteiger partial charge in [0.15, 0.2) is 18.9 Å². The first-order chi connectivity index (χ1) is 43.3. The SMILES string of the molecule is CCCCCCC/C=C\C/C=C\C/C=C\CCCCCCCCCCCCC(=O)NC(COC1OC(CO)C(OC2OC(CO)C(OC3OC(CO)C(O)C(O)C3O)C(O)C2O)C(O)C1O)C(O)/C=C/CCCCCCCCCCCCCCCCCCC. The largest absolute Gasteiger partial charge is 0.394 e. The van der Waals surface area contributed by atoms with Crippen LogP contribution in [0.25, 0.3) is 0 Å². The van der Waals surface area contributed by atoms with Gasteiger partial charge in [-0.3, -0.25) is 4.79 Å². The Morgan fingerprint density at radius 1 is 0.404 bits per heavy atom. The van der Waals surface area contributed by atoms with Gasteiger partial charge in [0.25, 0.3) is 0 Å². The van der Waals surface area contributed by atoms with Gasteiger partial charge in [0.2, 0.25) is 5.91 Å². The van der Waals surface area contributed by atoms with Crippen LogP contribution in [0.15, 0.2) is 48.6 Å². The Bertz CT molecular complexity index is 1800. The Labute approximate surface area is 535 Å². The Hall–Kier alpha value is -2.25. The van der Waals surface area contributed by atoms with Crippen molar-refractivity contribution in [2.75, 3.05) is 26.4 Å². The molecule has 0 spiro atoms. The summed E-state index contributed by atoms with van der Waals surface area (Å²) >= 11 is 0. The first-order valence-corrected chi connectivity index (χ1v) is 35.4. The molecule has 89 heavy (non-hydrogen) atoms. The van der Waals surface area contributed by atoms with Crippen LogP contribution in [-0.4, -0.2) is 193 Å². The van der Waals surface area contributed by atoms with Crippen LogP contribution in [0.2, 0.25) is 0 Å². The monoisotopic (exact) mass is 1270 g/mol. The summed E-state index contributed by atoms with van der Waals surface area (Å²) < 4.78 is 34.4. The number of allylic oxidation sites excluding steroid dienone is 7. The number of hydrogen-bond donors (Lipinski definition) is 12. The molecule has 0 saturated carbocycles. The highest BCUT2D eigenvalue weighted by Crippen LogP contribution is 2.33. The van der Waals surface area contributed by atoms with Gasteiger partial charge in [0.1, 0.15) is 73.2 Å². The molecule has 520 valence electrons. The van der Waals surface area contributed by atoms with Crippen molar-refractivity contribution in [2.45, 2.75) is 362 Å². The Balaban J connectivity index is 1.44. The molecule has 17 unspecified atom stereocenters. The number of aliphatic hydroxyl groups is 11. The fraction of sp³-hybridized carbons (Fsp3) is 0.871. The number of aliphatic hydroxyl groups excluding tert-OH is 11. The topological polar surface area (TPSA) is 307 Å². The number of hydrogen-bond acceptors (Lipinski definition) is 18. The highest BCUT2D eigenvalue weighted by Gasteiger charge is 2.53. The zero-order valence-electron chi connectivity index (χ0n) is 54.9. The number of amides is 1. The maximum Gasteiger partial charge on any atom is 0.220 e. The first kappa shape index (κ1) is 81.0. The third-order valence-corrected chi connectivity index (χ3v) is 17.6. The highest BCUT2D eigenvalue weighted by atomic mass is 16.8. The van der Waals surface area contributed by atoms with Crippen LogP contribution in [0, 0.1) is 0 Å². The molecule has 0 radical (unpaired) electrons. The van der Waals surface area contributed by atoms with E-state index >= 15 is 0 Å². The Morgan fingerprint density at radius 3 is 1.16 bits per heavy atom. The van der Waals surface area contributed by atoms with Crippen molar-refractivity contribution in [2.24, 2.45) is 0 Å². The molecule has 0 aromatic carbocycles. The lowest BCUT2D eigenvalue weighted by Crippen LogP contribution is -2.66. The van der Waals surface area contributed by atoms with Crippen molar-refractivity contribution < 1.29 is 89.4 Å². The van der Waals surface area contributed by atoms with E-state index in [1.54, 1.807) is 6.08 Å². The maximum absolute atomic E-state index is 13.4. The van der Waals surface area contributed by atoms with Crippen LogP contribution in [0.5, 0.6) is 0 Å². The lowest BCUT2D eigenvalue weighted by molar-refractivity contribution is -0.379. The van der Waals surface area contributed by atoms with Gasteiger partial charge in [-0.05, 0) is 57.8 Å². The molecule has 0 aromatic heterocycles. The van der Waals surface area contributed by atoms with Crippen LogP contribution in [0.3, 0.4) is 0 Å². The summed E-state index contributed by atoms with van der Waals surface area (Å²) in [6.45, 7) is 1.74. The molecular formula is C70H127NO18. The molecular weight excluding hydrogens is 1140 g/mol. The molecule has 0 aliphatic carbocycles. The molecule has 3 fully saturated rings. The number of carbonyl (C=O) groups excluding carboxylic acids is 1. The van der Waals surface area contributed by atoms with E-state index in [1.807, 2.05) is 6.08 Å². The molecule has 3 heterocycles. The van der Waals surface area contributed by atoms with E-state index in [4.69, 9.17) is 28.4 Å².